The van der Waals surface area contributed by atoms with Gasteiger partial charge < -0.3 is 9.64 Å². The summed E-state index contributed by atoms with van der Waals surface area (Å²) in [6, 6.07) is 15.9. The number of thiazole rings is 1. The van der Waals surface area contributed by atoms with Gasteiger partial charge in [-0.3, -0.25) is 14.2 Å². The summed E-state index contributed by atoms with van der Waals surface area (Å²) in [7, 11) is 0. The van der Waals surface area contributed by atoms with Crippen LogP contribution in [0, 0.1) is 0 Å². The molecule has 3 aromatic rings. The Labute approximate surface area is 211 Å². The first kappa shape index (κ1) is 23.4. The van der Waals surface area contributed by atoms with Gasteiger partial charge in [-0.2, -0.15) is 0 Å². The molecule has 2 aliphatic heterocycles. The molecule has 2 aliphatic rings. The highest BCUT2D eigenvalue weighted by Gasteiger charge is 2.36. The van der Waals surface area contributed by atoms with E-state index in [1.54, 1.807) is 17.9 Å². The van der Waals surface area contributed by atoms with Gasteiger partial charge in [0.15, 0.2) is 4.80 Å². The molecule has 0 saturated carbocycles. The number of carbonyl (C=O) groups is 2. The number of benzene rings is 2. The van der Waals surface area contributed by atoms with Crippen LogP contribution >= 0.6 is 11.3 Å². The number of hydrogen-bond donors (Lipinski definition) is 0. The lowest BCUT2D eigenvalue weighted by molar-refractivity contribution is -0.138. The van der Waals surface area contributed by atoms with Crippen molar-refractivity contribution in [3.63, 3.8) is 0 Å². The molecule has 5 rings (SSSR count). The van der Waals surface area contributed by atoms with Crippen LogP contribution in [0.25, 0.3) is 5.57 Å². The Morgan fingerprint density at radius 2 is 1.81 bits per heavy atom. The monoisotopic (exact) mass is 497 g/mol. The Morgan fingerprint density at radius 3 is 2.53 bits per heavy atom. The van der Waals surface area contributed by atoms with E-state index in [1.165, 1.54) is 10.6 Å². The first-order chi connectivity index (χ1) is 17.5. The van der Waals surface area contributed by atoms with Crippen molar-refractivity contribution in [3.05, 3.63) is 122 Å². The SMILES string of the molecule is C=CCOC(=O)C1=C(C)N=c2s/c(=C3/C(=O)N(CC=C)c4ccccc43)c(=O)n2[C@@H]1c1ccccc1. The van der Waals surface area contributed by atoms with Crippen LogP contribution in [0.1, 0.15) is 24.1 Å². The van der Waals surface area contributed by atoms with E-state index in [9.17, 15) is 14.4 Å². The van der Waals surface area contributed by atoms with Crippen molar-refractivity contribution < 1.29 is 14.3 Å². The molecule has 3 heterocycles. The van der Waals surface area contributed by atoms with Crippen molar-refractivity contribution in [3.8, 4) is 0 Å². The Hall–Kier alpha value is -4.30. The summed E-state index contributed by atoms with van der Waals surface area (Å²) < 4.78 is 7.13. The van der Waals surface area contributed by atoms with Crippen LogP contribution in [0.4, 0.5) is 5.69 Å². The van der Waals surface area contributed by atoms with Crippen LogP contribution in [0.5, 0.6) is 0 Å². The van der Waals surface area contributed by atoms with E-state index < -0.39 is 12.0 Å². The number of fused-ring (bicyclic) bond motifs is 2. The third kappa shape index (κ3) is 3.67. The van der Waals surface area contributed by atoms with Gasteiger partial charge in [-0.1, -0.05) is 78.6 Å². The molecule has 180 valence electrons. The average molecular weight is 498 g/mol. The summed E-state index contributed by atoms with van der Waals surface area (Å²) in [5.41, 5.74) is 2.84. The molecule has 2 aromatic carbocycles. The number of rotatable bonds is 6. The minimum absolute atomic E-state index is 0.0378. The van der Waals surface area contributed by atoms with Gasteiger partial charge in [-0.25, -0.2) is 9.79 Å². The molecule has 0 unspecified atom stereocenters. The predicted octanol–water partition coefficient (Wildman–Crippen LogP) is 2.87. The molecule has 0 N–H and O–H groups in total. The zero-order valence-electron chi connectivity index (χ0n) is 19.6. The molecule has 7 nitrogen and oxygen atoms in total. The molecule has 0 bridgehead atoms. The lowest BCUT2D eigenvalue weighted by Gasteiger charge is -2.24. The normalized spacial score (nSPS) is 17.9. The molecule has 36 heavy (non-hydrogen) atoms. The van der Waals surface area contributed by atoms with E-state index in [0.29, 0.717) is 28.2 Å². The number of para-hydroxylation sites is 1. The number of aromatic nitrogens is 1. The van der Waals surface area contributed by atoms with E-state index in [-0.39, 0.29) is 28.2 Å². The predicted molar refractivity (Wildman–Crippen MR) is 139 cm³/mol. The number of ether oxygens (including phenoxy) is 1. The largest absolute Gasteiger partial charge is 0.458 e. The molecule has 0 radical (unpaired) electrons. The minimum atomic E-state index is -0.745. The molecule has 1 aromatic heterocycles. The van der Waals surface area contributed by atoms with Gasteiger partial charge in [0, 0.05) is 12.1 Å². The van der Waals surface area contributed by atoms with Gasteiger partial charge in [0.05, 0.1) is 28.6 Å². The van der Waals surface area contributed by atoms with Crippen molar-refractivity contribution in [1.29, 1.82) is 0 Å². The summed E-state index contributed by atoms with van der Waals surface area (Å²) in [6.07, 6.45) is 3.14. The second-order valence-electron chi connectivity index (χ2n) is 8.30. The first-order valence-corrected chi connectivity index (χ1v) is 12.2. The number of hydrogen-bond acceptors (Lipinski definition) is 6. The molecule has 0 spiro atoms. The average Bonchev–Trinajstić information content (AvgIpc) is 3.35. The van der Waals surface area contributed by atoms with Crippen LogP contribution < -0.4 is 19.8 Å². The number of carbonyl (C=O) groups excluding carboxylic acids is 2. The van der Waals surface area contributed by atoms with Crippen LogP contribution in [-0.4, -0.2) is 29.6 Å². The minimum Gasteiger partial charge on any atom is -0.458 e. The van der Waals surface area contributed by atoms with Crippen LogP contribution in [0.15, 0.2) is 101 Å². The molecule has 0 saturated heterocycles. The molecular weight excluding hydrogens is 474 g/mol. The summed E-state index contributed by atoms with van der Waals surface area (Å²) in [5.74, 6) is -0.832. The maximum absolute atomic E-state index is 14.0. The highest BCUT2D eigenvalue weighted by molar-refractivity contribution is 7.07. The molecule has 8 heteroatoms. The van der Waals surface area contributed by atoms with Gasteiger partial charge >= 0.3 is 5.97 Å². The van der Waals surface area contributed by atoms with E-state index >= 15 is 0 Å². The Bertz CT molecular complexity index is 1630. The first-order valence-electron chi connectivity index (χ1n) is 11.4. The van der Waals surface area contributed by atoms with Crippen LogP contribution in [-0.2, 0) is 14.3 Å². The molecule has 0 fully saturated rings. The van der Waals surface area contributed by atoms with Gasteiger partial charge in [-0.05, 0) is 18.6 Å². The standard InChI is InChI=1S/C28H23N3O4S/c1-4-15-30-20-14-10-9-13-19(20)22(25(30)32)24-26(33)31-23(18-11-7-6-8-12-18)21(27(34)35-16-5-2)17(3)29-28(31)36-24/h4-14,23H,1-2,15-16H2,3H3/b24-22+/t23-/m1/s1. The smallest absolute Gasteiger partial charge is 0.338 e. The number of anilines is 1. The zero-order valence-corrected chi connectivity index (χ0v) is 20.5. The fourth-order valence-electron chi connectivity index (χ4n) is 4.61. The van der Waals surface area contributed by atoms with Crippen molar-refractivity contribution in [1.82, 2.24) is 4.57 Å². The van der Waals surface area contributed by atoms with Crippen molar-refractivity contribution in [2.45, 2.75) is 13.0 Å². The van der Waals surface area contributed by atoms with Crippen molar-refractivity contribution >= 4 is 34.5 Å². The molecule has 0 aliphatic carbocycles. The van der Waals surface area contributed by atoms with E-state index in [4.69, 9.17) is 4.74 Å². The second-order valence-corrected chi connectivity index (χ2v) is 9.27. The van der Waals surface area contributed by atoms with Crippen molar-refractivity contribution in [2.24, 2.45) is 4.99 Å². The highest BCUT2D eigenvalue weighted by atomic mass is 32.1. The van der Waals surface area contributed by atoms with Crippen LogP contribution in [0.3, 0.4) is 0 Å². The maximum Gasteiger partial charge on any atom is 0.338 e. The zero-order chi connectivity index (χ0) is 25.4. The second kappa shape index (κ2) is 9.39. The van der Waals surface area contributed by atoms with Gasteiger partial charge in [-0.15, -0.1) is 6.58 Å². The number of amides is 1. The Morgan fingerprint density at radius 1 is 1.08 bits per heavy atom. The lowest BCUT2D eigenvalue weighted by atomic mass is 9.96. The van der Waals surface area contributed by atoms with E-state index in [0.717, 1.165) is 22.6 Å². The Balaban J connectivity index is 1.79. The maximum atomic E-state index is 14.0. The number of esters is 1. The molecular formula is C28H23N3O4S. The molecule has 1 amide bonds. The van der Waals surface area contributed by atoms with Crippen LogP contribution in [0.2, 0.25) is 0 Å². The van der Waals surface area contributed by atoms with E-state index in [1.807, 2.05) is 54.6 Å². The third-order valence-electron chi connectivity index (χ3n) is 6.13. The summed E-state index contributed by atoms with van der Waals surface area (Å²) >= 11 is 1.15. The third-order valence-corrected chi connectivity index (χ3v) is 7.18. The quantitative estimate of drug-likeness (QED) is 0.388. The van der Waals surface area contributed by atoms with Crippen molar-refractivity contribution in [2.75, 3.05) is 18.1 Å². The number of nitrogens with zero attached hydrogens (tertiary/aromatic N) is 3. The van der Waals surface area contributed by atoms with Gasteiger partial charge in [0.2, 0.25) is 0 Å². The highest BCUT2D eigenvalue weighted by Crippen LogP contribution is 2.35. The fraction of sp³-hybridized carbons (Fsp3) is 0.143. The lowest BCUT2D eigenvalue weighted by Crippen LogP contribution is -2.41. The Kier molecular flexibility index (Phi) is 6.12. The van der Waals surface area contributed by atoms with Gasteiger partial charge in [0.25, 0.3) is 11.5 Å². The summed E-state index contributed by atoms with van der Waals surface area (Å²) in [5, 5.41) is 0. The van der Waals surface area contributed by atoms with Gasteiger partial charge in [0.1, 0.15) is 11.1 Å². The number of allylic oxidation sites excluding steroid dienone is 1. The fourth-order valence-corrected chi connectivity index (χ4v) is 5.74. The van der Waals surface area contributed by atoms with E-state index in [2.05, 4.69) is 18.2 Å². The topological polar surface area (TPSA) is 81.0 Å². The summed E-state index contributed by atoms with van der Waals surface area (Å²) in [4.78, 5) is 47.2. The summed E-state index contributed by atoms with van der Waals surface area (Å²) in [6.45, 7) is 9.45. The molecule has 1 atom stereocenters.